The third-order valence-electron chi connectivity index (χ3n) is 2.73. The van der Waals surface area contributed by atoms with Crippen LogP contribution in [-0.2, 0) is 0 Å². The van der Waals surface area contributed by atoms with Crippen LogP contribution in [0.5, 0.6) is 0 Å². The highest BCUT2D eigenvalue weighted by Gasteiger charge is 2.36. The Kier molecular flexibility index (Phi) is 2.68. The van der Waals surface area contributed by atoms with Gasteiger partial charge in [0.2, 0.25) is 6.21 Å². The Bertz CT molecular complexity index is 533. The van der Waals surface area contributed by atoms with Crippen LogP contribution in [0.3, 0.4) is 0 Å². The Balaban J connectivity index is 2.33. The maximum Gasteiger partial charge on any atom is 0.203 e. The lowest BCUT2D eigenvalue weighted by molar-refractivity contribution is -0.591. The summed E-state index contributed by atoms with van der Waals surface area (Å²) in [6, 6.07) is 9.24. The highest BCUT2D eigenvalue weighted by molar-refractivity contribution is 5.78. The second-order valence-electron chi connectivity index (χ2n) is 4.69. The average Bonchev–Trinajstić information content (AvgIpc) is 2.53. The summed E-state index contributed by atoms with van der Waals surface area (Å²) in [5.74, 6) is -0.0973. The van der Waals surface area contributed by atoms with Crippen LogP contribution in [0.4, 0.5) is 0 Å². The Morgan fingerprint density at radius 2 is 2.06 bits per heavy atom. The van der Waals surface area contributed by atoms with Gasteiger partial charge in [-0.2, -0.15) is 5.26 Å². The number of hydrogen-bond acceptors (Lipinski definition) is 3. The summed E-state index contributed by atoms with van der Waals surface area (Å²) >= 11 is 0. The number of nitrogens with zero attached hydrogens (tertiary/aromatic N) is 3. The molecule has 1 aromatic rings. The van der Waals surface area contributed by atoms with Crippen LogP contribution in [0.1, 0.15) is 31.4 Å². The molecule has 2 rings (SSSR count). The second kappa shape index (κ2) is 4.02. The predicted molar refractivity (Wildman–Crippen MR) is 62.7 cm³/mol. The molecular weight excluding hydrogens is 214 g/mol. The molecule has 17 heavy (non-hydrogen) atoms. The first-order valence-corrected chi connectivity index (χ1v) is 5.40. The molecule has 1 aromatic carbocycles. The lowest BCUT2D eigenvalue weighted by Gasteiger charge is -2.11. The fraction of sp³-hybridized carbons (Fsp3) is 0.308. The molecule has 0 fully saturated rings. The van der Waals surface area contributed by atoms with E-state index >= 15 is 0 Å². The van der Waals surface area contributed by atoms with Gasteiger partial charge in [-0.3, -0.25) is 0 Å². The van der Waals surface area contributed by atoms with Crippen molar-refractivity contribution in [3.63, 3.8) is 0 Å². The Hall–Kier alpha value is -2.15. The smallest absolute Gasteiger partial charge is 0.203 e. The van der Waals surface area contributed by atoms with Gasteiger partial charge in [0, 0.05) is 31.7 Å². The third-order valence-corrected chi connectivity index (χ3v) is 2.73. The molecule has 4 heteroatoms. The molecule has 0 aromatic heterocycles. The van der Waals surface area contributed by atoms with E-state index < -0.39 is 0 Å². The van der Waals surface area contributed by atoms with Crippen molar-refractivity contribution in [1.82, 2.24) is 0 Å². The van der Waals surface area contributed by atoms with Crippen molar-refractivity contribution in [2.24, 2.45) is 5.10 Å². The molecule has 1 aliphatic heterocycles. The number of benzene rings is 1. The van der Waals surface area contributed by atoms with Gasteiger partial charge in [0.25, 0.3) is 0 Å². The van der Waals surface area contributed by atoms with Gasteiger partial charge in [-0.25, -0.2) is 0 Å². The maximum atomic E-state index is 11.3. The largest absolute Gasteiger partial charge is 0.857 e. The molecule has 1 heterocycles. The fourth-order valence-electron chi connectivity index (χ4n) is 1.73. The molecule has 0 spiro atoms. The highest BCUT2D eigenvalue weighted by atomic mass is 16.3. The zero-order chi connectivity index (χ0) is 12.5. The second-order valence-corrected chi connectivity index (χ2v) is 4.69. The Morgan fingerprint density at radius 3 is 2.53 bits per heavy atom. The van der Waals surface area contributed by atoms with Crippen molar-refractivity contribution >= 4 is 12.1 Å². The van der Waals surface area contributed by atoms with E-state index in [0.717, 1.165) is 5.56 Å². The Morgan fingerprint density at radius 1 is 1.41 bits per heavy atom. The molecule has 0 radical (unpaired) electrons. The van der Waals surface area contributed by atoms with E-state index in [2.05, 4.69) is 11.2 Å². The number of hydrazone groups is 1. The molecule has 0 saturated heterocycles. The van der Waals surface area contributed by atoms with Gasteiger partial charge in [-0.1, -0.05) is 4.68 Å². The normalized spacial score (nSPS) is 20.1. The molecule has 4 nitrogen and oxygen atoms in total. The first-order chi connectivity index (χ1) is 8.01. The SMILES string of the molecule is CC1(C)CC([O-])=N/[N+]1=C\c1ccc(C#N)cc1. The average molecular weight is 227 g/mol. The predicted octanol–water partition coefficient (Wildman–Crippen LogP) is 0.846. The van der Waals surface area contributed by atoms with Crippen LogP contribution in [0, 0.1) is 11.3 Å². The Labute approximate surface area is 100 Å². The van der Waals surface area contributed by atoms with Crippen molar-refractivity contribution in [2.75, 3.05) is 0 Å². The highest BCUT2D eigenvalue weighted by Crippen LogP contribution is 2.20. The van der Waals surface area contributed by atoms with Crippen molar-refractivity contribution in [3.8, 4) is 6.07 Å². The monoisotopic (exact) mass is 227 g/mol. The van der Waals surface area contributed by atoms with Gasteiger partial charge < -0.3 is 5.11 Å². The van der Waals surface area contributed by atoms with Gasteiger partial charge in [-0.15, -0.1) is 0 Å². The molecule has 0 saturated carbocycles. The lowest BCUT2D eigenvalue weighted by atomic mass is 10.0. The molecule has 0 N–H and O–H groups in total. The van der Waals surface area contributed by atoms with E-state index in [1.54, 1.807) is 16.8 Å². The molecule has 0 amide bonds. The van der Waals surface area contributed by atoms with Gasteiger partial charge in [0.1, 0.15) is 0 Å². The van der Waals surface area contributed by atoms with Crippen molar-refractivity contribution in [1.29, 1.82) is 5.26 Å². The van der Waals surface area contributed by atoms with Crippen LogP contribution in [0.25, 0.3) is 0 Å². The molecule has 86 valence electrons. The molecule has 0 aliphatic carbocycles. The van der Waals surface area contributed by atoms with Crippen LogP contribution < -0.4 is 5.11 Å². The van der Waals surface area contributed by atoms with Crippen LogP contribution in [0.15, 0.2) is 29.4 Å². The summed E-state index contributed by atoms with van der Waals surface area (Å²) in [6.45, 7) is 3.95. The van der Waals surface area contributed by atoms with Gasteiger partial charge >= 0.3 is 0 Å². The minimum absolute atomic E-state index is 0.0973. The molecule has 0 unspecified atom stereocenters. The summed E-state index contributed by atoms with van der Waals surface area (Å²) in [6.07, 6.45) is 2.26. The number of hydrogen-bond donors (Lipinski definition) is 0. The van der Waals surface area contributed by atoms with Crippen molar-refractivity contribution < 1.29 is 9.79 Å². The van der Waals surface area contributed by atoms with E-state index in [4.69, 9.17) is 5.26 Å². The third kappa shape index (κ3) is 2.34. The van der Waals surface area contributed by atoms with Gasteiger partial charge in [0.05, 0.1) is 11.6 Å². The maximum absolute atomic E-state index is 11.3. The summed E-state index contributed by atoms with van der Waals surface area (Å²) < 4.78 is 1.69. The van der Waals surface area contributed by atoms with Crippen LogP contribution >= 0.6 is 0 Å². The molecular formula is C13H13N3O. The lowest BCUT2D eigenvalue weighted by Crippen LogP contribution is -2.31. The van der Waals surface area contributed by atoms with Crippen molar-refractivity contribution in [2.45, 2.75) is 25.8 Å². The minimum atomic E-state index is -0.273. The summed E-state index contributed by atoms with van der Waals surface area (Å²) in [5, 5.41) is 23.9. The van der Waals surface area contributed by atoms with E-state index in [9.17, 15) is 5.11 Å². The first-order valence-electron chi connectivity index (χ1n) is 5.40. The molecule has 1 aliphatic rings. The van der Waals surface area contributed by atoms with Gasteiger partial charge in [-0.05, 0) is 29.4 Å². The first kappa shape index (κ1) is 11.3. The van der Waals surface area contributed by atoms with Crippen LogP contribution in [-0.4, -0.2) is 22.3 Å². The molecule has 0 atom stereocenters. The number of nitriles is 1. The standard InChI is InChI=1S/C13H13N3O/c1-13(2)7-12(17)15-16(13)9-11-5-3-10(8-14)4-6-11/h3-6,9H,7H2,1-2H3/b16-9-. The number of rotatable bonds is 1. The minimum Gasteiger partial charge on any atom is -0.857 e. The topological polar surface area (TPSA) is 62.2 Å². The summed E-state index contributed by atoms with van der Waals surface area (Å²) in [4.78, 5) is 0. The summed E-state index contributed by atoms with van der Waals surface area (Å²) in [5.41, 5.74) is 1.27. The summed E-state index contributed by atoms with van der Waals surface area (Å²) in [7, 11) is 0. The fourth-order valence-corrected chi connectivity index (χ4v) is 1.73. The van der Waals surface area contributed by atoms with E-state index in [1.807, 2.05) is 32.2 Å². The van der Waals surface area contributed by atoms with Crippen LogP contribution in [0.2, 0.25) is 0 Å². The van der Waals surface area contributed by atoms with E-state index in [-0.39, 0.29) is 11.4 Å². The van der Waals surface area contributed by atoms with Gasteiger partial charge in [0.15, 0.2) is 5.54 Å². The van der Waals surface area contributed by atoms with E-state index in [1.165, 1.54) is 0 Å². The quantitative estimate of drug-likeness (QED) is 0.667. The zero-order valence-electron chi connectivity index (χ0n) is 9.84. The van der Waals surface area contributed by atoms with E-state index in [0.29, 0.717) is 12.0 Å². The van der Waals surface area contributed by atoms with Crippen molar-refractivity contribution in [3.05, 3.63) is 35.4 Å². The molecule has 0 bridgehead atoms. The zero-order valence-corrected chi connectivity index (χ0v) is 9.84.